The number of thiophene rings is 2. The minimum absolute atomic E-state index is 0.0839. The zero-order chi connectivity index (χ0) is 16.1. The second kappa shape index (κ2) is 7.49. The van der Waals surface area contributed by atoms with E-state index >= 15 is 0 Å². The summed E-state index contributed by atoms with van der Waals surface area (Å²) in [6.07, 6.45) is 0.205. The van der Waals surface area contributed by atoms with Gasteiger partial charge in [-0.15, -0.1) is 22.7 Å². The molecule has 0 fully saturated rings. The van der Waals surface area contributed by atoms with Crippen molar-refractivity contribution < 1.29 is 9.59 Å². The molecule has 8 heteroatoms. The van der Waals surface area contributed by atoms with Crippen LogP contribution in [0.25, 0.3) is 0 Å². The second-order valence-corrected chi connectivity index (χ2v) is 7.31. The molecule has 23 heavy (non-hydrogen) atoms. The molecule has 0 aliphatic heterocycles. The van der Waals surface area contributed by atoms with Crippen molar-refractivity contribution in [3.8, 4) is 0 Å². The van der Waals surface area contributed by atoms with Gasteiger partial charge in [0.25, 0.3) is 5.91 Å². The molecule has 0 saturated carbocycles. The molecule has 2 N–H and O–H groups in total. The molecular weight excluding hydrogens is 350 g/mol. The van der Waals surface area contributed by atoms with E-state index in [9.17, 15) is 9.59 Å². The fraction of sp³-hybridized carbons (Fsp3) is 0.133. The van der Waals surface area contributed by atoms with Crippen LogP contribution in [0.4, 0.5) is 5.13 Å². The van der Waals surface area contributed by atoms with Gasteiger partial charge in [-0.25, -0.2) is 4.98 Å². The second-order valence-electron chi connectivity index (χ2n) is 4.64. The van der Waals surface area contributed by atoms with E-state index in [0.29, 0.717) is 22.9 Å². The zero-order valence-corrected chi connectivity index (χ0v) is 14.4. The number of hydrogen-bond donors (Lipinski definition) is 2. The average Bonchev–Trinajstić information content (AvgIpc) is 3.28. The standard InChI is InChI=1S/C15H13N3O2S3/c19-13(16-7-12-2-1-4-22-12)6-11-9-23-15(17-11)18-14(20)10-3-5-21-8-10/h1-5,8-9H,6-7H2,(H,16,19)(H,17,18,20). The number of carbonyl (C=O) groups excluding carboxylic acids is 2. The van der Waals surface area contributed by atoms with E-state index in [1.807, 2.05) is 22.9 Å². The minimum Gasteiger partial charge on any atom is -0.351 e. The van der Waals surface area contributed by atoms with Crippen molar-refractivity contribution in [3.63, 3.8) is 0 Å². The maximum Gasteiger partial charge on any atom is 0.258 e. The molecule has 0 radical (unpaired) electrons. The largest absolute Gasteiger partial charge is 0.351 e. The van der Waals surface area contributed by atoms with Crippen molar-refractivity contribution >= 4 is 51.0 Å². The van der Waals surface area contributed by atoms with Gasteiger partial charge in [0.05, 0.1) is 24.2 Å². The summed E-state index contributed by atoms with van der Waals surface area (Å²) in [4.78, 5) is 29.2. The Hall–Kier alpha value is -2.03. The summed E-state index contributed by atoms with van der Waals surface area (Å²) >= 11 is 4.39. The van der Waals surface area contributed by atoms with E-state index < -0.39 is 0 Å². The van der Waals surface area contributed by atoms with E-state index in [0.717, 1.165) is 4.88 Å². The molecule has 5 nitrogen and oxygen atoms in total. The monoisotopic (exact) mass is 363 g/mol. The lowest BCUT2D eigenvalue weighted by molar-refractivity contribution is -0.120. The molecule has 0 aliphatic rings. The van der Waals surface area contributed by atoms with Crippen LogP contribution in [-0.4, -0.2) is 16.8 Å². The number of carbonyl (C=O) groups is 2. The van der Waals surface area contributed by atoms with E-state index in [2.05, 4.69) is 15.6 Å². The molecule has 3 heterocycles. The smallest absolute Gasteiger partial charge is 0.258 e. The molecule has 0 unspecified atom stereocenters. The molecule has 0 atom stereocenters. The van der Waals surface area contributed by atoms with Crippen molar-refractivity contribution in [1.82, 2.24) is 10.3 Å². The van der Waals surface area contributed by atoms with Crippen LogP contribution in [0.3, 0.4) is 0 Å². The van der Waals surface area contributed by atoms with Gasteiger partial charge in [0.2, 0.25) is 5.91 Å². The summed E-state index contributed by atoms with van der Waals surface area (Å²) < 4.78 is 0. The van der Waals surface area contributed by atoms with Crippen LogP contribution in [0.15, 0.2) is 39.7 Å². The fourth-order valence-corrected chi connectivity index (χ4v) is 3.82. The number of nitrogens with zero attached hydrogens (tertiary/aromatic N) is 1. The average molecular weight is 363 g/mol. The molecule has 3 aromatic rings. The van der Waals surface area contributed by atoms with Gasteiger partial charge >= 0.3 is 0 Å². The highest BCUT2D eigenvalue weighted by Crippen LogP contribution is 2.17. The van der Waals surface area contributed by atoms with Gasteiger partial charge < -0.3 is 5.32 Å². The number of hydrogen-bond acceptors (Lipinski definition) is 6. The van der Waals surface area contributed by atoms with Crippen LogP contribution in [0.1, 0.15) is 20.9 Å². The zero-order valence-electron chi connectivity index (χ0n) is 11.9. The molecule has 3 aromatic heterocycles. The normalized spacial score (nSPS) is 10.4. The van der Waals surface area contributed by atoms with Crippen LogP contribution >= 0.6 is 34.0 Å². The third kappa shape index (κ3) is 4.47. The third-order valence-electron chi connectivity index (χ3n) is 2.94. The lowest BCUT2D eigenvalue weighted by Gasteiger charge is -2.01. The molecule has 2 amide bonds. The summed E-state index contributed by atoms with van der Waals surface area (Å²) in [5.74, 6) is -0.270. The molecule has 118 valence electrons. The molecule has 0 aromatic carbocycles. The SMILES string of the molecule is O=C(Cc1csc(NC(=O)c2ccsc2)n1)NCc1cccs1. The maximum absolute atomic E-state index is 11.9. The summed E-state index contributed by atoms with van der Waals surface area (Å²) in [6, 6.07) is 5.69. The maximum atomic E-state index is 11.9. The number of nitrogens with one attached hydrogen (secondary N) is 2. The highest BCUT2D eigenvalue weighted by atomic mass is 32.1. The topological polar surface area (TPSA) is 71.1 Å². The summed E-state index contributed by atoms with van der Waals surface area (Å²) in [6.45, 7) is 0.530. The van der Waals surface area contributed by atoms with Crippen LogP contribution in [0, 0.1) is 0 Å². The summed E-state index contributed by atoms with van der Waals surface area (Å²) in [7, 11) is 0. The van der Waals surface area contributed by atoms with Gasteiger partial charge in [-0.3, -0.25) is 14.9 Å². The Labute approximate surface area is 145 Å². The summed E-state index contributed by atoms with van der Waals surface area (Å²) in [5, 5.41) is 13.5. The predicted molar refractivity (Wildman–Crippen MR) is 94.3 cm³/mol. The number of amides is 2. The van der Waals surface area contributed by atoms with Crippen LogP contribution < -0.4 is 10.6 Å². The van der Waals surface area contributed by atoms with Crippen LogP contribution in [0.5, 0.6) is 0 Å². The molecule has 0 bridgehead atoms. The minimum atomic E-state index is -0.186. The number of aromatic nitrogens is 1. The van der Waals surface area contributed by atoms with E-state index in [1.165, 1.54) is 22.7 Å². The Morgan fingerprint density at radius 3 is 2.78 bits per heavy atom. The van der Waals surface area contributed by atoms with E-state index in [-0.39, 0.29) is 18.2 Å². The lowest BCUT2D eigenvalue weighted by Crippen LogP contribution is -2.24. The molecular formula is C15H13N3O2S3. The van der Waals surface area contributed by atoms with Crippen molar-refractivity contribution in [2.24, 2.45) is 0 Å². The number of anilines is 1. The molecule has 0 aliphatic carbocycles. The molecule has 0 spiro atoms. The highest BCUT2D eigenvalue weighted by molar-refractivity contribution is 7.14. The quantitative estimate of drug-likeness (QED) is 0.705. The van der Waals surface area contributed by atoms with Crippen LogP contribution in [0.2, 0.25) is 0 Å². The fourth-order valence-electron chi connectivity index (χ4n) is 1.83. The van der Waals surface area contributed by atoms with Gasteiger partial charge in [-0.1, -0.05) is 6.07 Å². The molecule has 3 rings (SSSR count). The highest BCUT2D eigenvalue weighted by Gasteiger charge is 2.11. The van der Waals surface area contributed by atoms with Crippen molar-refractivity contribution in [3.05, 3.63) is 55.9 Å². The first-order valence-corrected chi connectivity index (χ1v) is 9.48. The Morgan fingerprint density at radius 1 is 1.13 bits per heavy atom. The lowest BCUT2D eigenvalue weighted by atomic mass is 10.3. The summed E-state index contributed by atoms with van der Waals surface area (Å²) in [5.41, 5.74) is 1.26. The predicted octanol–water partition coefficient (Wildman–Crippen LogP) is 3.38. The Balaban J connectivity index is 1.50. The third-order valence-corrected chi connectivity index (χ3v) is 5.30. The Morgan fingerprint density at radius 2 is 2.04 bits per heavy atom. The first kappa shape index (κ1) is 15.9. The first-order valence-electron chi connectivity index (χ1n) is 6.78. The number of rotatable bonds is 6. The van der Waals surface area contributed by atoms with Crippen LogP contribution in [-0.2, 0) is 17.8 Å². The van der Waals surface area contributed by atoms with E-state index in [4.69, 9.17) is 0 Å². The van der Waals surface area contributed by atoms with Gasteiger partial charge in [-0.2, -0.15) is 11.3 Å². The van der Waals surface area contributed by atoms with Gasteiger partial charge in [-0.05, 0) is 22.9 Å². The van der Waals surface area contributed by atoms with Gasteiger partial charge in [0.15, 0.2) is 5.13 Å². The van der Waals surface area contributed by atoms with Crippen molar-refractivity contribution in [1.29, 1.82) is 0 Å². The molecule has 0 saturated heterocycles. The Bertz CT molecular complexity index is 779. The Kier molecular flexibility index (Phi) is 5.16. The van der Waals surface area contributed by atoms with E-state index in [1.54, 1.807) is 28.2 Å². The van der Waals surface area contributed by atoms with Gasteiger partial charge in [0.1, 0.15) is 0 Å². The first-order chi connectivity index (χ1) is 11.2. The van der Waals surface area contributed by atoms with Gasteiger partial charge in [0, 0.05) is 15.6 Å². The number of thiazole rings is 1. The van der Waals surface area contributed by atoms with Crippen molar-refractivity contribution in [2.75, 3.05) is 5.32 Å². The van der Waals surface area contributed by atoms with Crippen molar-refractivity contribution in [2.45, 2.75) is 13.0 Å².